The van der Waals surface area contributed by atoms with E-state index in [-0.39, 0.29) is 6.04 Å². The molecule has 1 aromatic rings. The number of anilines is 1. The number of hydrogen-bond donors (Lipinski definition) is 1. The first-order chi connectivity index (χ1) is 9.25. The molecule has 1 unspecified atom stereocenters. The van der Waals surface area contributed by atoms with Gasteiger partial charge in [0.1, 0.15) is 0 Å². The van der Waals surface area contributed by atoms with E-state index >= 15 is 0 Å². The van der Waals surface area contributed by atoms with Gasteiger partial charge in [-0.15, -0.1) is 0 Å². The van der Waals surface area contributed by atoms with Crippen LogP contribution in [-0.4, -0.2) is 25.3 Å². The van der Waals surface area contributed by atoms with Crippen molar-refractivity contribution in [1.29, 1.82) is 0 Å². The molecule has 1 atom stereocenters. The third-order valence-corrected chi connectivity index (χ3v) is 6.20. The smallest absolute Gasteiger partial charge is 0.243 e. The normalized spacial score (nSPS) is 20.8. The van der Waals surface area contributed by atoms with Crippen molar-refractivity contribution < 1.29 is 8.42 Å². The van der Waals surface area contributed by atoms with Crippen LogP contribution in [0.5, 0.6) is 0 Å². The standard InChI is InChI=1S/C15H24N2O2S/c1-10(2)14-6-5-7-17(14)20(18,19)15-9-11(3)8-13(16)12(15)4/h8-10,14H,5-7,16H2,1-4H3. The Hall–Kier alpha value is -1.07. The maximum Gasteiger partial charge on any atom is 0.243 e. The van der Waals surface area contributed by atoms with Crippen LogP contribution in [0.15, 0.2) is 17.0 Å². The minimum absolute atomic E-state index is 0.0983. The van der Waals surface area contributed by atoms with Crippen molar-refractivity contribution in [3.63, 3.8) is 0 Å². The average molecular weight is 296 g/mol. The van der Waals surface area contributed by atoms with Gasteiger partial charge < -0.3 is 5.73 Å². The van der Waals surface area contributed by atoms with Gasteiger partial charge in [0.2, 0.25) is 10.0 Å². The fourth-order valence-electron chi connectivity index (χ4n) is 2.98. The third kappa shape index (κ3) is 2.56. The maximum atomic E-state index is 12.9. The van der Waals surface area contributed by atoms with Crippen molar-refractivity contribution in [2.75, 3.05) is 12.3 Å². The summed E-state index contributed by atoms with van der Waals surface area (Å²) in [5.74, 6) is 0.328. The highest BCUT2D eigenvalue weighted by Crippen LogP contribution is 2.33. The summed E-state index contributed by atoms with van der Waals surface area (Å²) in [4.78, 5) is 0.363. The van der Waals surface area contributed by atoms with Crippen LogP contribution in [0.2, 0.25) is 0 Å². The van der Waals surface area contributed by atoms with E-state index in [1.807, 2.05) is 13.0 Å². The van der Waals surface area contributed by atoms with Crippen LogP contribution in [0.4, 0.5) is 5.69 Å². The van der Waals surface area contributed by atoms with Gasteiger partial charge in [-0.25, -0.2) is 8.42 Å². The molecule has 0 amide bonds. The van der Waals surface area contributed by atoms with Crippen LogP contribution < -0.4 is 5.73 Å². The molecule has 0 aromatic heterocycles. The van der Waals surface area contributed by atoms with Gasteiger partial charge in [0.15, 0.2) is 0 Å². The van der Waals surface area contributed by atoms with Gasteiger partial charge in [-0.05, 0) is 55.9 Å². The molecule has 2 rings (SSSR count). The topological polar surface area (TPSA) is 63.4 Å². The predicted molar refractivity (Wildman–Crippen MR) is 82.1 cm³/mol. The van der Waals surface area contributed by atoms with Crippen molar-refractivity contribution in [2.24, 2.45) is 5.92 Å². The van der Waals surface area contributed by atoms with E-state index in [1.165, 1.54) is 0 Å². The predicted octanol–water partition coefficient (Wildman–Crippen LogP) is 2.69. The van der Waals surface area contributed by atoms with Crippen molar-refractivity contribution in [3.8, 4) is 0 Å². The highest BCUT2D eigenvalue weighted by molar-refractivity contribution is 7.89. The molecule has 112 valence electrons. The Bertz CT molecular complexity index is 609. The first kappa shape index (κ1) is 15.3. The van der Waals surface area contributed by atoms with E-state index in [4.69, 9.17) is 5.73 Å². The van der Waals surface area contributed by atoms with Gasteiger partial charge in [-0.3, -0.25) is 0 Å². The average Bonchev–Trinajstić information content (AvgIpc) is 2.83. The fraction of sp³-hybridized carbons (Fsp3) is 0.600. The van der Waals surface area contributed by atoms with E-state index < -0.39 is 10.0 Å². The number of aryl methyl sites for hydroxylation is 1. The Labute approximate surface area is 122 Å². The van der Waals surface area contributed by atoms with Crippen LogP contribution in [0.1, 0.15) is 37.8 Å². The molecule has 20 heavy (non-hydrogen) atoms. The summed E-state index contributed by atoms with van der Waals surface area (Å²) in [6.45, 7) is 8.42. The summed E-state index contributed by atoms with van der Waals surface area (Å²) >= 11 is 0. The Balaban J connectivity index is 2.51. The molecular weight excluding hydrogens is 272 g/mol. The van der Waals surface area contributed by atoms with Gasteiger partial charge in [-0.2, -0.15) is 4.31 Å². The molecule has 0 radical (unpaired) electrons. The molecular formula is C15H24N2O2S. The second-order valence-corrected chi connectivity index (χ2v) is 7.91. The lowest BCUT2D eigenvalue weighted by Crippen LogP contribution is -2.38. The van der Waals surface area contributed by atoms with Crippen LogP contribution in [0.3, 0.4) is 0 Å². The third-order valence-electron chi connectivity index (χ3n) is 4.15. The highest BCUT2D eigenvalue weighted by Gasteiger charge is 2.37. The van der Waals surface area contributed by atoms with Gasteiger partial charge in [0, 0.05) is 18.3 Å². The lowest BCUT2D eigenvalue weighted by Gasteiger charge is -2.27. The fourth-order valence-corrected chi connectivity index (χ4v) is 5.14. The van der Waals surface area contributed by atoms with E-state index in [0.717, 1.165) is 18.4 Å². The summed E-state index contributed by atoms with van der Waals surface area (Å²) in [6.07, 6.45) is 1.87. The molecule has 1 saturated heterocycles. The SMILES string of the molecule is Cc1cc(N)c(C)c(S(=O)(=O)N2CCCC2C(C)C)c1. The zero-order chi connectivity index (χ0) is 15.1. The largest absolute Gasteiger partial charge is 0.398 e. The molecule has 1 aromatic carbocycles. The number of hydrogen-bond acceptors (Lipinski definition) is 3. The summed E-state index contributed by atoms with van der Waals surface area (Å²) in [5, 5.41) is 0. The number of nitrogen functional groups attached to an aromatic ring is 1. The first-order valence-electron chi connectivity index (χ1n) is 7.13. The van der Waals surface area contributed by atoms with Crippen LogP contribution >= 0.6 is 0 Å². The number of rotatable bonds is 3. The molecule has 0 spiro atoms. The number of nitrogens with zero attached hydrogens (tertiary/aromatic N) is 1. The van der Waals surface area contributed by atoms with Gasteiger partial charge in [0.25, 0.3) is 0 Å². The quantitative estimate of drug-likeness (QED) is 0.872. The van der Waals surface area contributed by atoms with Crippen LogP contribution in [0.25, 0.3) is 0 Å². The minimum Gasteiger partial charge on any atom is -0.398 e. The molecule has 5 heteroatoms. The molecule has 0 bridgehead atoms. The number of sulfonamides is 1. The van der Waals surface area contributed by atoms with Gasteiger partial charge in [-0.1, -0.05) is 13.8 Å². The molecule has 2 N–H and O–H groups in total. The van der Waals surface area contributed by atoms with Crippen molar-refractivity contribution >= 4 is 15.7 Å². The molecule has 1 fully saturated rings. The number of benzene rings is 1. The second-order valence-electron chi connectivity index (χ2n) is 6.05. The van der Waals surface area contributed by atoms with Gasteiger partial charge >= 0.3 is 0 Å². The monoisotopic (exact) mass is 296 g/mol. The van der Waals surface area contributed by atoms with Crippen molar-refractivity contribution in [3.05, 3.63) is 23.3 Å². The second kappa shape index (κ2) is 5.37. The minimum atomic E-state index is -3.46. The Morgan fingerprint density at radius 2 is 1.95 bits per heavy atom. The molecule has 1 aliphatic heterocycles. The molecule has 1 heterocycles. The van der Waals surface area contributed by atoms with E-state index in [1.54, 1.807) is 17.3 Å². The highest BCUT2D eigenvalue weighted by atomic mass is 32.2. The van der Waals surface area contributed by atoms with Crippen molar-refractivity contribution in [1.82, 2.24) is 4.31 Å². The molecule has 4 nitrogen and oxygen atoms in total. The molecule has 0 saturated carbocycles. The van der Waals surface area contributed by atoms with Gasteiger partial charge in [0.05, 0.1) is 4.90 Å². The molecule has 0 aliphatic carbocycles. The van der Waals surface area contributed by atoms with Crippen LogP contribution in [-0.2, 0) is 10.0 Å². The Morgan fingerprint density at radius 1 is 1.30 bits per heavy atom. The summed E-state index contributed by atoms with van der Waals surface area (Å²) < 4.78 is 27.6. The number of nitrogens with two attached hydrogens (primary N) is 1. The lowest BCUT2D eigenvalue weighted by atomic mass is 10.0. The summed E-state index contributed by atoms with van der Waals surface area (Å²) in [7, 11) is -3.46. The Morgan fingerprint density at radius 3 is 2.55 bits per heavy atom. The Kier molecular flexibility index (Phi) is 4.12. The zero-order valence-corrected chi connectivity index (χ0v) is 13.5. The summed E-state index contributed by atoms with van der Waals surface area (Å²) in [5.41, 5.74) is 8.01. The maximum absolute atomic E-state index is 12.9. The van der Waals surface area contributed by atoms with Crippen molar-refractivity contribution in [2.45, 2.75) is 51.5 Å². The molecule has 1 aliphatic rings. The van der Waals surface area contributed by atoms with E-state index in [0.29, 0.717) is 28.6 Å². The zero-order valence-electron chi connectivity index (χ0n) is 12.7. The summed E-state index contributed by atoms with van der Waals surface area (Å²) in [6, 6.07) is 3.65. The van der Waals surface area contributed by atoms with E-state index in [9.17, 15) is 8.42 Å². The first-order valence-corrected chi connectivity index (χ1v) is 8.57. The lowest BCUT2D eigenvalue weighted by molar-refractivity contribution is 0.315. The van der Waals surface area contributed by atoms with E-state index in [2.05, 4.69) is 13.8 Å². The van der Waals surface area contributed by atoms with Crippen LogP contribution in [0, 0.1) is 19.8 Å².